The molecule has 0 bridgehead atoms. The summed E-state index contributed by atoms with van der Waals surface area (Å²) in [6.07, 6.45) is 2.44. The van der Waals surface area contributed by atoms with Crippen molar-refractivity contribution >= 4 is 28.7 Å². The Morgan fingerprint density at radius 1 is 1.21 bits per heavy atom. The smallest absolute Gasteiger partial charge is 0.157 e. The van der Waals surface area contributed by atoms with Crippen LogP contribution in [0.2, 0.25) is 0 Å². The third kappa shape index (κ3) is 2.83. The Bertz CT molecular complexity index is 1250. The van der Waals surface area contributed by atoms with Crippen LogP contribution in [0.3, 0.4) is 0 Å². The quantitative estimate of drug-likeness (QED) is 0.413. The zero-order chi connectivity index (χ0) is 19.7. The van der Waals surface area contributed by atoms with E-state index in [9.17, 15) is 10.4 Å². The first-order valence-corrected chi connectivity index (χ1v) is 9.05. The average Bonchev–Trinajstić information content (AvgIpc) is 3.08. The monoisotopic (exact) mass is 369 g/mol. The molecule has 0 atom stereocenters. The lowest BCUT2D eigenvalue weighted by Gasteiger charge is -2.15. The Morgan fingerprint density at radius 3 is 2.68 bits per heavy atom. The van der Waals surface area contributed by atoms with Crippen LogP contribution in [0.4, 0.5) is 5.82 Å². The van der Waals surface area contributed by atoms with Gasteiger partial charge in [0.1, 0.15) is 17.6 Å². The number of phenolic OH excluding ortho intramolecular Hbond substituents is 1. The number of aromatic hydroxyl groups is 1. The van der Waals surface area contributed by atoms with E-state index in [0.29, 0.717) is 11.2 Å². The molecule has 0 saturated heterocycles. The Kier molecular flexibility index (Phi) is 4.42. The van der Waals surface area contributed by atoms with Gasteiger partial charge in [0.2, 0.25) is 0 Å². The van der Waals surface area contributed by atoms with Gasteiger partial charge in [0.05, 0.1) is 22.8 Å². The molecule has 4 rings (SSSR count). The van der Waals surface area contributed by atoms with Gasteiger partial charge in [-0.15, -0.1) is 0 Å². The Hall–Kier alpha value is -3.85. The number of phenols is 1. The van der Waals surface area contributed by atoms with E-state index in [1.54, 1.807) is 30.5 Å². The van der Waals surface area contributed by atoms with Gasteiger partial charge in [-0.05, 0) is 66.4 Å². The van der Waals surface area contributed by atoms with Crippen molar-refractivity contribution in [1.29, 1.82) is 5.26 Å². The summed E-state index contributed by atoms with van der Waals surface area (Å²) in [5.74, 6) is 1.02. The number of hydrazone groups is 1. The van der Waals surface area contributed by atoms with Crippen LogP contribution in [0.25, 0.3) is 16.7 Å². The number of imidazole rings is 1. The predicted molar refractivity (Wildman–Crippen MR) is 111 cm³/mol. The van der Waals surface area contributed by atoms with Crippen LogP contribution in [-0.2, 0) is 6.42 Å². The van der Waals surface area contributed by atoms with Gasteiger partial charge in [-0.2, -0.15) is 10.4 Å². The normalized spacial score (nSPS) is 11.3. The standard InChI is InChI=1S/C22H19N5O/c1-3-17-14(2)18(12-23)21-25-19-6-4-5-7-20(19)27(21)22(17)26-24-13-15-8-10-16(28)11-9-15/h4-11,13,26,28H,3H2,1-2H3/b24-13-. The minimum atomic E-state index is 0.215. The molecular weight excluding hydrogens is 350 g/mol. The van der Waals surface area contributed by atoms with Gasteiger partial charge in [0.15, 0.2) is 5.65 Å². The maximum Gasteiger partial charge on any atom is 0.157 e. The molecular formula is C22H19N5O. The topological polar surface area (TPSA) is 85.7 Å². The molecule has 0 saturated carbocycles. The fraction of sp³-hybridized carbons (Fsp3) is 0.136. The summed E-state index contributed by atoms with van der Waals surface area (Å²) in [5.41, 5.74) is 8.92. The number of nitriles is 1. The van der Waals surface area contributed by atoms with Crippen LogP contribution in [0, 0.1) is 18.3 Å². The summed E-state index contributed by atoms with van der Waals surface area (Å²) in [7, 11) is 0. The van der Waals surface area contributed by atoms with Crippen molar-refractivity contribution in [2.24, 2.45) is 5.10 Å². The van der Waals surface area contributed by atoms with E-state index in [1.165, 1.54) is 0 Å². The SMILES string of the molecule is CCc1c(C)c(C#N)c2nc3ccccc3n2c1N/N=C\c1ccc(O)cc1. The first-order chi connectivity index (χ1) is 13.6. The number of aromatic nitrogens is 2. The molecule has 138 valence electrons. The number of anilines is 1. The fourth-order valence-corrected chi connectivity index (χ4v) is 3.46. The fourth-order valence-electron chi connectivity index (χ4n) is 3.46. The van der Waals surface area contributed by atoms with Crippen LogP contribution in [0.15, 0.2) is 53.6 Å². The van der Waals surface area contributed by atoms with Crippen LogP contribution < -0.4 is 5.43 Å². The highest BCUT2D eigenvalue weighted by Crippen LogP contribution is 2.31. The Morgan fingerprint density at radius 2 is 1.96 bits per heavy atom. The van der Waals surface area contributed by atoms with Crippen molar-refractivity contribution in [2.45, 2.75) is 20.3 Å². The highest BCUT2D eigenvalue weighted by atomic mass is 16.3. The second kappa shape index (κ2) is 7.05. The zero-order valence-corrected chi connectivity index (χ0v) is 15.6. The number of para-hydroxylation sites is 2. The van der Waals surface area contributed by atoms with Gasteiger partial charge in [0, 0.05) is 0 Å². The summed E-state index contributed by atoms with van der Waals surface area (Å²) in [4.78, 5) is 4.68. The molecule has 0 radical (unpaired) electrons. The van der Waals surface area contributed by atoms with E-state index in [-0.39, 0.29) is 5.75 Å². The zero-order valence-electron chi connectivity index (χ0n) is 15.6. The summed E-state index contributed by atoms with van der Waals surface area (Å²) < 4.78 is 1.97. The van der Waals surface area contributed by atoms with Crippen LogP contribution >= 0.6 is 0 Å². The van der Waals surface area contributed by atoms with Crippen LogP contribution in [0.5, 0.6) is 5.75 Å². The van der Waals surface area contributed by atoms with Crippen molar-refractivity contribution < 1.29 is 5.11 Å². The van der Waals surface area contributed by atoms with Gasteiger partial charge in [-0.1, -0.05) is 19.1 Å². The molecule has 6 nitrogen and oxygen atoms in total. The van der Waals surface area contributed by atoms with E-state index in [1.807, 2.05) is 35.6 Å². The Labute approximate surface area is 162 Å². The molecule has 0 aliphatic carbocycles. The second-order valence-corrected chi connectivity index (χ2v) is 6.51. The number of hydrogen-bond acceptors (Lipinski definition) is 5. The predicted octanol–water partition coefficient (Wildman–Crippen LogP) is 4.38. The highest BCUT2D eigenvalue weighted by molar-refractivity contribution is 5.86. The lowest BCUT2D eigenvalue weighted by Crippen LogP contribution is -2.07. The van der Waals surface area contributed by atoms with E-state index in [0.717, 1.165) is 40.0 Å². The minimum Gasteiger partial charge on any atom is -0.508 e. The largest absolute Gasteiger partial charge is 0.508 e. The molecule has 0 fully saturated rings. The highest BCUT2D eigenvalue weighted by Gasteiger charge is 2.19. The summed E-state index contributed by atoms with van der Waals surface area (Å²) in [6, 6.07) is 16.9. The lowest BCUT2D eigenvalue weighted by molar-refractivity contribution is 0.475. The molecule has 2 aromatic carbocycles. The number of nitrogens with zero attached hydrogens (tertiary/aromatic N) is 4. The molecule has 0 unspecified atom stereocenters. The van der Waals surface area contributed by atoms with Gasteiger partial charge < -0.3 is 5.11 Å². The van der Waals surface area contributed by atoms with Crippen LogP contribution in [-0.4, -0.2) is 20.7 Å². The molecule has 2 heterocycles. The van der Waals surface area contributed by atoms with E-state index >= 15 is 0 Å². The molecule has 4 aromatic rings. The van der Waals surface area contributed by atoms with Crippen molar-refractivity contribution in [3.8, 4) is 11.8 Å². The van der Waals surface area contributed by atoms with E-state index in [4.69, 9.17) is 0 Å². The molecule has 0 spiro atoms. The number of rotatable bonds is 4. The summed E-state index contributed by atoms with van der Waals surface area (Å²) in [6.45, 7) is 4.01. The van der Waals surface area contributed by atoms with Gasteiger partial charge in [-0.25, -0.2) is 4.98 Å². The molecule has 0 aliphatic heterocycles. The number of fused-ring (bicyclic) bond motifs is 3. The maximum atomic E-state index is 9.73. The first kappa shape index (κ1) is 17.6. The minimum absolute atomic E-state index is 0.215. The van der Waals surface area contributed by atoms with Crippen molar-refractivity contribution in [1.82, 2.24) is 9.38 Å². The van der Waals surface area contributed by atoms with Crippen LogP contribution in [0.1, 0.15) is 29.2 Å². The number of hydrogen-bond donors (Lipinski definition) is 2. The molecule has 0 amide bonds. The van der Waals surface area contributed by atoms with Gasteiger partial charge in [0.25, 0.3) is 0 Å². The maximum absolute atomic E-state index is 9.73. The van der Waals surface area contributed by atoms with Gasteiger partial charge in [-0.3, -0.25) is 9.83 Å². The van der Waals surface area contributed by atoms with Crippen molar-refractivity contribution in [3.63, 3.8) is 0 Å². The van der Waals surface area contributed by atoms with E-state index < -0.39 is 0 Å². The number of nitrogens with one attached hydrogen (secondary N) is 1. The van der Waals surface area contributed by atoms with Crippen molar-refractivity contribution in [3.05, 3.63) is 70.8 Å². The van der Waals surface area contributed by atoms with Gasteiger partial charge >= 0.3 is 0 Å². The number of pyridine rings is 1. The summed E-state index contributed by atoms with van der Waals surface area (Å²) in [5, 5.41) is 23.5. The first-order valence-electron chi connectivity index (χ1n) is 9.05. The third-order valence-corrected chi connectivity index (χ3v) is 4.86. The molecule has 28 heavy (non-hydrogen) atoms. The molecule has 2 N–H and O–H groups in total. The second-order valence-electron chi connectivity index (χ2n) is 6.51. The van der Waals surface area contributed by atoms with Crippen molar-refractivity contribution in [2.75, 3.05) is 5.43 Å². The Balaban J connectivity index is 1.91. The van der Waals surface area contributed by atoms with E-state index in [2.05, 4.69) is 28.5 Å². The molecule has 0 aliphatic rings. The lowest BCUT2D eigenvalue weighted by atomic mass is 10.0. The molecule has 6 heteroatoms. The third-order valence-electron chi connectivity index (χ3n) is 4.86. The average molecular weight is 369 g/mol. The molecule has 2 aromatic heterocycles. The summed E-state index contributed by atoms with van der Waals surface area (Å²) >= 11 is 0. The number of benzene rings is 2.